The smallest absolute Gasteiger partial charge is 0.365 e. The molecule has 12 heteroatoms. The van der Waals surface area contributed by atoms with Crippen LogP contribution in [0.3, 0.4) is 0 Å². The number of carbonyl (C=O) groups excluding carboxylic acids is 2. The van der Waals surface area contributed by atoms with Gasteiger partial charge in [0.1, 0.15) is 11.6 Å². The maximum Gasteiger partial charge on any atom is 0.408 e. The third-order valence-electron chi connectivity index (χ3n) is 6.54. The van der Waals surface area contributed by atoms with Gasteiger partial charge in [-0.05, 0) is 62.3 Å². The van der Waals surface area contributed by atoms with E-state index < -0.39 is 47.8 Å². The van der Waals surface area contributed by atoms with Gasteiger partial charge in [0.15, 0.2) is 5.82 Å². The van der Waals surface area contributed by atoms with Crippen molar-refractivity contribution >= 4 is 34.9 Å². The molecule has 0 unspecified atom stereocenters. The summed E-state index contributed by atoms with van der Waals surface area (Å²) >= 11 is 5.90. The highest BCUT2D eigenvalue weighted by molar-refractivity contribution is 6.30. The summed E-state index contributed by atoms with van der Waals surface area (Å²) in [6.07, 6.45) is -1.47. The normalized spacial score (nSPS) is 23.2. The molecule has 4 rings (SSSR count). The Morgan fingerprint density at radius 2 is 1.89 bits per heavy atom. The van der Waals surface area contributed by atoms with Gasteiger partial charge in [-0.1, -0.05) is 11.6 Å². The highest BCUT2D eigenvalue weighted by atomic mass is 35.5. The van der Waals surface area contributed by atoms with E-state index in [1.807, 2.05) is 0 Å². The number of primary amides is 1. The van der Waals surface area contributed by atoms with Crippen LogP contribution in [-0.2, 0) is 4.79 Å². The molecule has 2 aromatic rings. The predicted molar refractivity (Wildman–Crippen MR) is 122 cm³/mol. The Morgan fingerprint density at radius 1 is 1.20 bits per heavy atom. The number of hydrogen-bond donors (Lipinski definition) is 3. The minimum Gasteiger partial charge on any atom is -0.365 e. The zero-order valence-electron chi connectivity index (χ0n) is 18.6. The molecule has 2 fully saturated rings. The molecule has 1 aromatic heterocycles. The Kier molecular flexibility index (Phi) is 6.94. The minimum absolute atomic E-state index is 0.0912. The minimum atomic E-state index is -4.50. The monoisotopic (exact) mass is 508 g/mol. The van der Waals surface area contributed by atoms with E-state index in [1.54, 1.807) is 24.3 Å². The van der Waals surface area contributed by atoms with E-state index in [0.717, 1.165) is 0 Å². The van der Waals surface area contributed by atoms with Gasteiger partial charge in [0.05, 0.1) is 18.0 Å². The van der Waals surface area contributed by atoms with E-state index in [4.69, 9.17) is 17.3 Å². The number of amides is 2. The third kappa shape index (κ3) is 5.70. The Bertz CT molecular complexity index is 1140. The van der Waals surface area contributed by atoms with Crippen LogP contribution >= 0.6 is 11.6 Å². The summed E-state index contributed by atoms with van der Waals surface area (Å²) in [5.74, 6) is -3.17. The van der Waals surface area contributed by atoms with Gasteiger partial charge in [-0.15, -0.1) is 0 Å². The Morgan fingerprint density at radius 3 is 2.46 bits per heavy atom. The molecule has 186 valence electrons. The van der Waals surface area contributed by atoms with E-state index in [9.17, 15) is 28.0 Å². The summed E-state index contributed by atoms with van der Waals surface area (Å²) in [6, 6.07) is 6.56. The standard InChI is InChI=1S/C23H24ClF3N6O2/c24-15-4-6-16(7-5-15)30-21-17(20(29)34)11-33(32-21)18-8-3-13(9-14(18)10-28)22(35)31-19(12-1-2-12)23(25,26)27/h4-7,11-14,18-19H,1-3,8-9H2,(H2,29,34)(H,30,32)(H,31,35)/t13-,14+,18-,19+/m1/s1. The van der Waals surface area contributed by atoms with Crippen molar-refractivity contribution in [1.29, 1.82) is 5.26 Å². The number of rotatable bonds is 7. The average Bonchev–Trinajstić information content (AvgIpc) is 3.56. The number of nitrogens with one attached hydrogen (secondary N) is 2. The van der Waals surface area contributed by atoms with Crippen LogP contribution in [0.1, 0.15) is 48.5 Å². The molecule has 0 spiro atoms. The van der Waals surface area contributed by atoms with Gasteiger partial charge in [-0.2, -0.15) is 23.5 Å². The van der Waals surface area contributed by atoms with Gasteiger partial charge in [0.2, 0.25) is 5.91 Å². The van der Waals surface area contributed by atoms with Crippen LogP contribution < -0.4 is 16.4 Å². The van der Waals surface area contributed by atoms with Crippen molar-refractivity contribution in [2.75, 3.05) is 5.32 Å². The molecule has 4 N–H and O–H groups in total. The van der Waals surface area contributed by atoms with Gasteiger partial charge in [-0.25, -0.2) is 0 Å². The van der Waals surface area contributed by atoms with Crippen molar-refractivity contribution in [3.8, 4) is 6.07 Å². The molecule has 0 bridgehead atoms. The summed E-state index contributed by atoms with van der Waals surface area (Å²) in [4.78, 5) is 24.6. The summed E-state index contributed by atoms with van der Waals surface area (Å²) in [5.41, 5.74) is 6.25. The molecule has 0 radical (unpaired) electrons. The fourth-order valence-corrected chi connectivity index (χ4v) is 4.65. The number of hydrogen-bond acceptors (Lipinski definition) is 5. The first kappa shape index (κ1) is 24.9. The first-order chi connectivity index (χ1) is 16.6. The van der Waals surface area contributed by atoms with E-state index in [2.05, 4.69) is 21.8 Å². The number of alkyl halides is 3. The van der Waals surface area contributed by atoms with Crippen LogP contribution in [0.4, 0.5) is 24.7 Å². The lowest BCUT2D eigenvalue weighted by molar-refractivity contribution is -0.167. The van der Waals surface area contributed by atoms with Crippen molar-refractivity contribution in [2.24, 2.45) is 23.5 Å². The second kappa shape index (κ2) is 9.77. The van der Waals surface area contributed by atoms with Gasteiger partial charge in [0.25, 0.3) is 5.91 Å². The lowest BCUT2D eigenvalue weighted by Crippen LogP contribution is -2.49. The predicted octanol–water partition coefficient (Wildman–Crippen LogP) is 4.32. The van der Waals surface area contributed by atoms with Crippen LogP contribution in [0.5, 0.6) is 0 Å². The Labute approximate surface area is 204 Å². The van der Waals surface area contributed by atoms with Gasteiger partial charge in [-0.3, -0.25) is 14.3 Å². The number of nitrogens with zero attached hydrogens (tertiary/aromatic N) is 3. The number of nitrogens with two attached hydrogens (primary N) is 1. The van der Waals surface area contributed by atoms with Gasteiger partial charge in [0, 0.05) is 22.8 Å². The van der Waals surface area contributed by atoms with Crippen molar-refractivity contribution in [2.45, 2.75) is 50.4 Å². The quantitative estimate of drug-likeness (QED) is 0.513. The molecule has 1 heterocycles. The summed E-state index contributed by atoms with van der Waals surface area (Å²) < 4.78 is 41.4. The van der Waals surface area contributed by atoms with E-state index >= 15 is 0 Å². The Hall–Kier alpha value is -3.26. The first-order valence-corrected chi connectivity index (χ1v) is 11.6. The maximum absolute atomic E-state index is 13.3. The van der Waals surface area contributed by atoms with Crippen molar-refractivity contribution in [3.63, 3.8) is 0 Å². The average molecular weight is 509 g/mol. The fourth-order valence-electron chi connectivity index (χ4n) is 4.52. The van der Waals surface area contributed by atoms with Crippen LogP contribution in [0.25, 0.3) is 0 Å². The van der Waals surface area contributed by atoms with Crippen LogP contribution in [0, 0.1) is 29.1 Å². The Balaban J connectivity index is 1.48. The maximum atomic E-state index is 13.3. The molecule has 4 atom stereocenters. The van der Waals surface area contributed by atoms with Crippen molar-refractivity contribution < 1.29 is 22.8 Å². The lowest BCUT2D eigenvalue weighted by atomic mass is 9.78. The summed E-state index contributed by atoms with van der Waals surface area (Å²) in [7, 11) is 0. The molecule has 1 aromatic carbocycles. The zero-order chi connectivity index (χ0) is 25.3. The summed E-state index contributed by atoms with van der Waals surface area (Å²) in [5, 5.41) is 19.9. The molecular weight excluding hydrogens is 485 g/mol. The lowest BCUT2D eigenvalue weighted by Gasteiger charge is -2.33. The second-order valence-electron chi connectivity index (χ2n) is 9.05. The van der Waals surface area contributed by atoms with E-state index in [0.29, 0.717) is 30.0 Å². The molecule has 2 saturated carbocycles. The summed E-state index contributed by atoms with van der Waals surface area (Å²) in [6.45, 7) is 0. The number of halogens is 4. The van der Waals surface area contributed by atoms with Gasteiger partial charge < -0.3 is 16.4 Å². The molecule has 8 nitrogen and oxygen atoms in total. The number of carbonyl (C=O) groups is 2. The number of anilines is 2. The van der Waals surface area contributed by atoms with Gasteiger partial charge >= 0.3 is 6.18 Å². The molecule has 2 amide bonds. The number of benzene rings is 1. The fraction of sp³-hybridized carbons (Fsp3) is 0.478. The molecule has 2 aliphatic carbocycles. The molecule has 35 heavy (non-hydrogen) atoms. The second-order valence-corrected chi connectivity index (χ2v) is 9.48. The van der Waals surface area contributed by atoms with Crippen molar-refractivity contribution in [3.05, 3.63) is 41.0 Å². The third-order valence-corrected chi connectivity index (χ3v) is 6.79. The topological polar surface area (TPSA) is 126 Å². The first-order valence-electron chi connectivity index (χ1n) is 11.2. The SMILES string of the molecule is N#C[C@@H]1C[C@H](C(=O)N[C@@H](C2CC2)C(F)(F)F)CC[C@H]1n1cc(C(N)=O)c(Nc2ccc(Cl)cc2)n1. The largest absolute Gasteiger partial charge is 0.408 e. The van der Waals surface area contributed by atoms with Crippen LogP contribution in [0.15, 0.2) is 30.5 Å². The van der Waals surface area contributed by atoms with E-state index in [1.165, 1.54) is 10.9 Å². The van der Waals surface area contributed by atoms with E-state index in [-0.39, 0.29) is 24.2 Å². The highest BCUT2D eigenvalue weighted by Crippen LogP contribution is 2.42. The molecule has 0 saturated heterocycles. The highest BCUT2D eigenvalue weighted by Gasteiger charge is 2.50. The molecule has 2 aliphatic rings. The zero-order valence-corrected chi connectivity index (χ0v) is 19.3. The van der Waals surface area contributed by atoms with Crippen LogP contribution in [0.2, 0.25) is 5.02 Å². The number of aromatic nitrogens is 2. The van der Waals surface area contributed by atoms with Crippen molar-refractivity contribution in [1.82, 2.24) is 15.1 Å². The molecular formula is C23H24ClF3N6O2. The molecule has 0 aliphatic heterocycles. The number of nitriles is 1. The van der Waals surface area contributed by atoms with Crippen LogP contribution in [-0.4, -0.2) is 33.8 Å².